The molecule has 0 radical (unpaired) electrons. The molecule has 1 heterocycles. The zero-order valence-electron chi connectivity index (χ0n) is 9.41. The van der Waals surface area contributed by atoms with E-state index in [1.165, 1.54) is 12.8 Å². The lowest BCUT2D eigenvalue weighted by Crippen LogP contribution is -2.52. The Bertz CT molecular complexity index is 273. The van der Waals surface area contributed by atoms with Gasteiger partial charge in [0.05, 0.1) is 0 Å². The van der Waals surface area contributed by atoms with Crippen molar-refractivity contribution in [3.05, 3.63) is 0 Å². The SMILES string of the molecule is CCNS(=O)(=O)NC(C)C1CCCCN1. The lowest BCUT2D eigenvalue weighted by atomic mass is 10.00. The minimum absolute atomic E-state index is 0.0608. The molecular formula is C9H21N3O2S. The number of hydrogen-bond acceptors (Lipinski definition) is 3. The average molecular weight is 235 g/mol. The first kappa shape index (κ1) is 12.9. The first-order valence-corrected chi connectivity index (χ1v) is 7.04. The Morgan fingerprint density at radius 2 is 2.20 bits per heavy atom. The maximum Gasteiger partial charge on any atom is 0.277 e. The standard InChI is InChI=1S/C9H21N3O2S/c1-3-11-15(13,14)12-8(2)9-6-4-5-7-10-9/h8-12H,3-7H2,1-2H3. The lowest BCUT2D eigenvalue weighted by molar-refractivity contribution is 0.346. The molecule has 0 aromatic carbocycles. The minimum atomic E-state index is -3.32. The number of nitrogens with one attached hydrogen (secondary N) is 3. The van der Waals surface area contributed by atoms with Crippen molar-refractivity contribution in [2.24, 2.45) is 0 Å². The van der Waals surface area contributed by atoms with Gasteiger partial charge in [0.2, 0.25) is 0 Å². The van der Waals surface area contributed by atoms with Crippen LogP contribution >= 0.6 is 0 Å². The van der Waals surface area contributed by atoms with Crippen molar-refractivity contribution < 1.29 is 8.42 Å². The summed E-state index contributed by atoms with van der Waals surface area (Å²) in [5, 5.41) is 3.33. The van der Waals surface area contributed by atoms with E-state index in [0.717, 1.165) is 13.0 Å². The second-order valence-electron chi connectivity index (χ2n) is 3.96. The molecule has 90 valence electrons. The number of hydrogen-bond donors (Lipinski definition) is 3. The van der Waals surface area contributed by atoms with E-state index in [2.05, 4.69) is 14.8 Å². The zero-order chi connectivity index (χ0) is 11.3. The molecule has 1 fully saturated rings. The van der Waals surface area contributed by atoms with Gasteiger partial charge in [-0.05, 0) is 26.3 Å². The summed E-state index contributed by atoms with van der Waals surface area (Å²) in [4.78, 5) is 0. The second-order valence-corrected chi connectivity index (χ2v) is 5.50. The Balaban J connectivity index is 2.43. The maximum absolute atomic E-state index is 11.4. The Morgan fingerprint density at radius 3 is 2.73 bits per heavy atom. The summed E-state index contributed by atoms with van der Waals surface area (Å²) in [6.45, 7) is 5.07. The molecular weight excluding hydrogens is 214 g/mol. The van der Waals surface area contributed by atoms with Crippen molar-refractivity contribution in [3.8, 4) is 0 Å². The normalized spacial score (nSPS) is 25.1. The van der Waals surface area contributed by atoms with E-state index in [0.29, 0.717) is 6.54 Å². The van der Waals surface area contributed by atoms with Crippen LogP contribution in [0.15, 0.2) is 0 Å². The van der Waals surface area contributed by atoms with Crippen molar-refractivity contribution >= 4 is 10.2 Å². The van der Waals surface area contributed by atoms with Crippen LogP contribution in [0.1, 0.15) is 33.1 Å². The average Bonchev–Trinajstić information content (AvgIpc) is 2.18. The molecule has 1 aliphatic rings. The van der Waals surface area contributed by atoms with Crippen LogP contribution in [0.4, 0.5) is 0 Å². The van der Waals surface area contributed by atoms with E-state index in [1.807, 2.05) is 6.92 Å². The largest absolute Gasteiger partial charge is 0.312 e. The van der Waals surface area contributed by atoms with Gasteiger partial charge in [-0.25, -0.2) is 4.72 Å². The van der Waals surface area contributed by atoms with E-state index >= 15 is 0 Å². The van der Waals surface area contributed by atoms with Gasteiger partial charge in [0.25, 0.3) is 10.2 Å². The molecule has 0 amide bonds. The van der Waals surface area contributed by atoms with Crippen molar-refractivity contribution in [1.82, 2.24) is 14.8 Å². The maximum atomic E-state index is 11.4. The molecule has 2 atom stereocenters. The van der Waals surface area contributed by atoms with E-state index in [-0.39, 0.29) is 12.1 Å². The Labute approximate surface area is 92.2 Å². The summed E-state index contributed by atoms with van der Waals surface area (Å²) in [7, 11) is -3.32. The highest BCUT2D eigenvalue weighted by molar-refractivity contribution is 7.87. The van der Waals surface area contributed by atoms with Gasteiger partial charge in [-0.2, -0.15) is 13.1 Å². The summed E-state index contributed by atoms with van der Waals surface area (Å²) in [5.41, 5.74) is 0. The Kier molecular flexibility index (Phi) is 4.98. The summed E-state index contributed by atoms with van der Waals surface area (Å²) in [5.74, 6) is 0. The third kappa shape index (κ3) is 4.46. The fourth-order valence-corrected chi connectivity index (χ4v) is 2.98. The molecule has 1 aliphatic heterocycles. The summed E-state index contributed by atoms with van der Waals surface area (Å²) >= 11 is 0. The fourth-order valence-electron chi connectivity index (χ4n) is 1.86. The van der Waals surface area contributed by atoms with Gasteiger partial charge in [-0.15, -0.1) is 0 Å². The predicted molar refractivity (Wildman–Crippen MR) is 60.8 cm³/mol. The molecule has 6 heteroatoms. The van der Waals surface area contributed by atoms with Crippen molar-refractivity contribution in [1.29, 1.82) is 0 Å². The molecule has 0 saturated carbocycles. The van der Waals surface area contributed by atoms with Crippen LogP contribution in [0.2, 0.25) is 0 Å². The molecule has 2 unspecified atom stereocenters. The van der Waals surface area contributed by atoms with Crippen molar-refractivity contribution in [2.75, 3.05) is 13.1 Å². The third-order valence-electron chi connectivity index (χ3n) is 2.63. The van der Waals surface area contributed by atoms with Crippen LogP contribution in [-0.2, 0) is 10.2 Å². The number of rotatable bonds is 5. The molecule has 0 aliphatic carbocycles. The lowest BCUT2D eigenvalue weighted by Gasteiger charge is -2.29. The third-order valence-corrected chi connectivity index (χ3v) is 3.98. The van der Waals surface area contributed by atoms with Gasteiger partial charge in [-0.3, -0.25) is 0 Å². The predicted octanol–water partition coefficient (Wildman–Crippen LogP) is -0.0391. The van der Waals surface area contributed by atoms with Crippen LogP contribution in [-0.4, -0.2) is 33.6 Å². The molecule has 1 saturated heterocycles. The van der Waals surface area contributed by atoms with Crippen LogP contribution in [0.5, 0.6) is 0 Å². The second kappa shape index (κ2) is 5.79. The van der Waals surface area contributed by atoms with E-state index in [4.69, 9.17) is 0 Å². The van der Waals surface area contributed by atoms with Crippen LogP contribution in [0.25, 0.3) is 0 Å². The van der Waals surface area contributed by atoms with Crippen LogP contribution < -0.4 is 14.8 Å². The molecule has 15 heavy (non-hydrogen) atoms. The van der Waals surface area contributed by atoms with Gasteiger partial charge < -0.3 is 5.32 Å². The van der Waals surface area contributed by atoms with Gasteiger partial charge in [0, 0.05) is 18.6 Å². The first-order chi connectivity index (χ1) is 7.05. The van der Waals surface area contributed by atoms with E-state index in [9.17, 15) is 8.42 Å². The number of piperidine rings is 1. The van der Waals surface area contributed by atoms with Gasteiger partial charge >= 0.3 is 0 Å². The highest BCUT2D eigenvalue weighted by Crippen LogP contribution is 2.10. The zero-order valence-corrected chi connectivity index (χ0v) is 10.2. The molecule has 3 N–H and O–H groups in total. The van der Waals surface area contributed by atoms with Gasteiger partial charge in [-0.1, -0.05) is 13.3 Å². The topological polar surface area (TPSA) is 70.2 Å². The van der Waals surface area contributed by atoms with E-state index in [1.54, 1.807) is 6.92 Å². The molecule has 5 nitrogen and oxygen atoms in total. The van der Waals surface area contributed by atoms with Crippen LogP contribution in [0, 0.1) is 0 Å². The summed E-state index contributed by atoms with van der Waals surface area (Å²) < 4.78 is 27.9. The molecule has 0 bridgehead atoms. The summed E-state index contributed by atoms with van der Waals surface area (Å²) in [6.07, 6.45) is 3.39. The molecule has 0 aromatic rings. The molecule has 0 spiro atoms. The monoisotopic (exact) mass is 235 g/mol. The van der Waals surface area contributed by atoms with Crippen molar-refractivity contribution in [3.63, 3.8) is 0 Å². The smallest absolute Gasteiger partial charge is 0.277 e. The highest BCUT2D eigenvalue weighted by atomic mass is 32.2. The Hall–Kier alpha value is -0.170. The minimum Gasteiger partial charge on any atom is -0.312 e. The van der Waals surface area contributed by atoms with Crippen LogP contribution in [0.3, 0.4) is 0 Å². The van der Waals surface area contributed by atoms with Crippen molar-refractivity contribution in [2.45, 2.75) is 45.2 Å². The molecule has 0 aromatic heterocycles. The molecule has 1 rings (SSSR count). The Morgan fingerprint density at radius 1 is 1.47 bits per heavy atom. The quantitative estimate of drug-likeness (QED) is 0.626. The van der Waals surface area contributed by atoms with Gasteiger partial charge in [0.1, 0.15) is 0 Å². The van der Waals surface area contributed by atoms with Gasteiger partial charge in [0.15, 0.2) is 0 Å². The summed E-state index contributed by atoms with van der Waals surface area (Å²) in [6, 6.07) is 0.196. The first-order valence-electron chi connectivity index (χ1n) is 5.55. The van der Waals surface area contributed by atoms with E-state index < -0.39 is 10.2 Å². The fraction of sp³-hybridized carbons (Fsp3) is 1.00. The highest BCUT2D eigenvalue weighted by Gasteiger charge is 2.22.